The summed E-state index contributed by atoms with van der Waals surface area (Å²) in [4.78, 5) is 0. The van der Waals surface area contributed by atoms with Gasteiger partial charge in [-0.15, -0.1) is 0 Å². The summed E-state index contributed by atoms with van der Waals surface area (Å²) in [6.45, 7) is 6.22. The molecule has 0 bridgehead atoms. The second-order valence-corrected chi connectivity index (χ2v) is 4.69. The highest BCUT2D eigenvalue weighted by atomic mass is 19.1. The Balaban J connectivity index is 2.36. The van der Waals surface area contributed by atoms with Gasteiger partial charge in [0.05, 0.1) is 0 Å². The summed E-state index contributed by atoms with van der Waals surface area (Å²) in [5, 5.41) is 3.32. The monoisotopic (exact) mass is 193 g/mol. The van der Waals surface area contributed by atoms with Crippen LogP contribution in [0.5, 0.6) is 0 Å². The van der Waals surface area contributed by atoms with Gasteiger partial charge in [-0.25, -0.2) is 4.39 Å². The zero-order valence-corrected chi connectivity index (χ0v) is 8.68. The lowest BCUT2D eigenvalue weighted by molar-refractivity contribution is 0.355. The predicted octanol–water partition coefficient (Wildman–Crippen LogP) is 2.54. The summed E-state index contributed by atoms with van der Waals surface area (Å²) in [6.07, 6.45) is 0. The first-order valence-corrected chi connectivity index (χ1v) is 5.06. The third-order valence-corrected chi connectivity index (χ3v) is 3.15. The molecule has 1 aliphatic rings. The molecular formula is C12H16FN. The fourth-order valence-electron chi connectivity index (χ4n) is 2.23. The summed E-state index contributed by atoms with van der Waals surface area (Å²) in [5.74, 6) is 0.220. The van der Waals surface area contributed by atoms with Gasteiger partial charge < -0.3 is 5.32 Å². The van der Waals surface area contributed by atoms with Crippen LogP contribution >= 0.6 is 0 Å². The quantitative estimate of drug-likeness (QED) is 0.722. The molecule has 0 spiro atoms. The molecule has 2 rings (SSSR count). The molecule has 1 fully saturated rings. The van der Waals surface area contributed by atoms with Gasteiger partial charge in [-0.1, -0.05) is 32.0 Å². The van der Waals surface area contributed by atoms with Gasteiger partial charge >= 0.3 is 0 Å². The average molecular weight is 193 g/mol. The van der Waals surface area contributed by atoms with Gasteiger partial charge in [-0.2, -0.15) is 0 Å². The number of hydrogen-bond acceptors (Lipinski definition) is 1. The summed E-state index contributed by atoms with van der Waals surface area (Å²) < 4.78 is 13.6. The van der Waals surface area contributed by atoms with Crippen LogP contribution in [0.2, 0.25) is 0 Å². The van der Waals surface area contributed by atoms with E-state index in [1.165, 1.54) is 0 Å². The van der Waals surface area contributed by atoms with Gasteiger partial charge in [-0.3, -0.25) is 0 Å². The largest absolute Gasteiger partial charge is 0.316 e. The number of halogens is 1. The zero-order chi connectivity index (χ0) is 10.2. The Morgan fingerprint density at radius 2 is 2.07 bits per heavy atom. The van der Waals surface area contributed by atoms with Gasteiger partial charge in [0.15, 0.2) is 0 Å². The molecule has 1 saturated heterocycles. The molecule has 1 heterocycles. The van der Waals surface area contributed by atoms with Crippen molar-refractivity contribution in [2.45, 2.75) is 19.8 Å². The first-order valence-electron chi connectivity index (χ1n) is 5.06. The van der Waals surface area contributed by atoms with Crippen LogP contribution in [0.3, 0.4) is 0 Å². The van der Waals surface area contributed by atoms with Crippen molar-refractivity contribution in [3.05, 3.63) is 35.6 Å². The van der Waals surface area contributed by atoms with Crippen LogP contribution in [0.1, 0.15) is 25.3 Å². The van der Waals surface area contributed by atoms with Crippen LogP contribution in [0.4, 0.5) is 4.39 Å². The van der Waals surface area contributed by atoms with Crippen molar-refractivity contribution in [3.63, 3.8) is 0 Å². The molecule has 1 aliphatic heterocycles. The van der Waals surface area contributed by atoms with E-state index < -0.39 is 0 Å². The van der Waals surface area contributed by atoms with Gasteiger partial charge in [0.1, 0.15) is 5.82 Å². The minimum atomic E-state index is -0.0747. The first kappa shape index (κ1) is 9.66. The molecule has 1 atom stereocenters. The van der Waals surface area contributed by atoms with Gasteiger partial charge in [0.25, 0.3) is 0 Å². The van der Waals surface area contributed by atoms with Crippen molar-refractivity contribution in [1.82, 2.24) is 5.32 Å². The van der Waals surface area contributed by atoms with Crippen molar-refractivity contribution >= 4 is 0 Å². The molecule has 2 heteroatoms. The highest BCUT2D eigenvalue weighted by Crippen LogP contribution is 2.39. The van der Waals surface area contributed by atoms with Crippen LogP contribution in [-0.4, -0.2) is 13.1 Å². The fourth-order valence-corrected chi connectivity index (χ4v) is 2.23. The molecule has 1 unspecified atom stereocenters. The Bertz CT molecular complexity index is 333. The average Bonchev–Trinajstić information content (AvgIpc) is 2.46. The number of rotatable bonds is 1. The van der Waals surface area contributed by atoms with Crippen LogP contribution in [-0.2, 0) is 0 Å². The Morgan fingerprint density at radius 1 is 1.36 bits per heavy atom. The van der Waals surface area contributed by atoms with Crippen LogP contribution in [0.15, 0.2) is 24.3 Å². The Labute approximate surface area is 84.3 Å². The van der Waals surface area contributed by atoms with Crippen LogP contribution in [0.25, 0.3) is 0 Å². The molecule has 0 radical (unpaired) electrons. The molecule has 0 aliphatic carbocycles. The minimum absolute atomic E-state index is 0.0747. The van der Waals surface area contributed by atoms with Crippen molar-refractivity contribution in [1.29, 1.82) is 0 Å². The smallest absolute Gasteiger partial charge is 0.126 e. The first-order chi connectivity index (χ1) is 6.61. The maximum atomic E-state index is 13.6. The van der Waals surface area contributed by atoms with E-state index in [1.54, 1.807) is 12.1 Å². The number of benzene rings is 1. The number of hydrogen-bond donors (Lipinski definition) is 1. The van der Waals surface area contributed by atoms with E-state index in [9.17, 15) is 4.39 Å². The molecule has 0 aromatic heterocycles. The van der Waals surface area contributed by atoms with E-state index >= 15 is 0 Å². The normalized spacial score (nSPS) is 25.2. The molecule has 0 amide bonds. The Kier molecular flexibility index (Phi) is 2.31. The highest BCUT2D eigenvalue weighted by Gasteiger charge is 2.36. The summed E-state index contributed by atoms with van der Waals surface area (Å²) in [6, 6.07) is 7.10. The van der Waals surface area contributed by atoms with Gasteiger partial charge in [0, 0.05) is 19.0 Å². The number of nitrogens with one attached hydrogen (secondary N) is 1. The molecule has 14 heavy (non-hydrogen) atoms. The van der Waals surface area contributed by atoms with Crippen molar-refractivity contribution in [2.75, 3.05) is 13.1 Å². The lowest BCUT2D eigenvalue weighted by atomic mass is 9.78. The molecule has 76 valence electrons. The van der Waals surface area contributed by atoms with Gasteiger partial charge in [0.2, 0.25) is 0 Å². The SMILES string of the molecule is CC1(C)CNCC1c1ccccc1F. The Hall–Kier alpha value is -0.890. The maximum absolute atomic E-state index is 13.6. The van der Waals surface area contributed by atoms with E-state index in [4.69, 9.17) is 0 Å². The summed E-state index contributed by atoms with van der Waals surface area (Å²) >= 11 is 0. The predicted molar refractivity (Wildman–Crippen MR) is 55.8 cm³/mol. The summed E-state index contributed by atoms with van der Waals surface area (Å²) in [7, 11) is 0. The molecule has 1 nitrogen and oxygen atoms in total. The third-order valence-electron chi connectivity index (χ3n) is 3.15. The lowest BCUT2D eigenvalue weighted by Gasteiger charge is -2.26. The standard InChI is InChI=1S/C12H16FN/c1-12(2)8-14-7-10(12)9-5-3-4-6-11(9)13/h3-6,10,14H,7-8H2,1-2H3. The van der Waals surface area contributed by atoms with Crippen LogP contribution in [0, 0.1) is 11.2 Å². The van der Waals surface area contributed by atoms with Gasteiger partial charge in [-0.05, 0) is 17.0 Å². The lowest BCUT2D eigenvalue weighted by Crippen LogP contribution is -2.21. The fraction of sp³-hybridized carbons (Fsp3) is 0.500. The molecule has 0 saturated carbocycles. The second kappa shape index (κ2) is 3.35. The van der Waals surface area contributed by atoms with E-state index in [0.717, 1.165) is 18.7 Å². The van der Waals surface area contributed by atoms with E-state index in [-0.39, 0.29) is 11.2 Å². The molecule has 1 aromatic rings. The topological polar surface area (TPSA) is 12.0 Å². The molecule has 1 N–H and O–H groups in total. The van der Waals surface area contributed by atoms with E-state index in [0.29, 0.717) is 5.92 Å². The molecule has 1 aromatic carbocycles. The highest BCUT2D eigenvalue weighted by molar-refractivity contribution is 5.25. The van der Waals surface area contributed by atoms with E-state index in [1.807, 2.05) is 12.1 Å². The maximum Gasteiger partial charge on any atom is 0.126 e. The van der Waals surface area contributed by atoms with Crippen molar-refractivity contribution < 1.29 is 4.39 Å². The second-order valence-electron chi connectivity index (χ2n) is 4.69. The third kappa shape index (κ3) is 1.55. The van der Waals surface area contributed by atoms with Crippen molar-refractivity contribution in [2.24, 2.45) is 5.41 Å². The molecular weight excluding hydrogens is 177 g/mol. The minimum Gasteiger partial charge on any atom is -0.316 e. The zero-order valence-electron chi connectivity index (χ0n) is 8.68. The summed E-state index contributed by atoms with van der Waals surface area (Å²) in [5.41, 5.74) is 1.00. The van der Waals surface area contributed by atoms with Crippen LogP contribution < -0.4 is 5.32 Å². The van der Waals surface area contributed by atoms with E-state index in [2.05, 4.69) is 19.2 Å². The Morgan fingerprint density at radius 3 is 2.64 bits per heavy atom. The van der Waals surface area contributed by atoms with Crippen molar-refractivity contribution in [3.8, 4) is 0 Å².